The third kappa shape index (κ3) is 4.36. The van der Waals surface area contributed by atoms with Gasteiger partial charge in [-0.1, -0.05) is 36.4 Å². The highest BCUT2D eigenvalue weighted by Gasteiger charge is 2.11. The molecule has 5 heteroatoms. The van der Waals surface area contributed by atoms with Gasteiger partial charge < -0.3 is 19.5 Å². The van der Waals surface area contributed by atoms with Crippen molar-refractivity contribution in [3.05, 3.63) is 65.7 Å². The average Bonchev–Trinajstić information content (AvgIpc) is 2.75. The van der Waals surface area contributed by atoms with Gasteiger partial charge in [0.25, 0.3) is 0 Å². The molecule has 0 aliphatic rings. The van der Waals surface area contributed by atoms with E-state index in [1.54, 1.807) is 21.3 Å². The number of carbonyl (C=O) groups is 1. The highest BCUT2D eigenvalue weighted by atomic mass is 16.5. The van der Waals surface area contributed by atoms with Crippen LogP contribution in [-0.4, -0.2) is 27.2 Å². The summed E-state index contributed by atoms with van der Waals surface area (Å²) >= 11 is 0. The molecule has 0 atom stereocenters. The van der Waals surface area contributed by atoms with Gasteiger partial charge in [-0.3, -0.25) is 4.79 Å². The van der Waals surface area contributed by atoms with Crippen molar-refractivity contribution in [2.24, 2.45) is 0 Å². The fourth-order valence-electron chi connectivity index (χ4n) is 3.26. The first-order chi connectivity index (χ1) is 13.7. The van der Waals surface area contributed by atoms with Gasteiger partial charge in [0.1, 0.15) is 5.75 Å². The molecule has 0 fully saturated rings. The number of fused-ring (bicyclic) bond motifs is 1. The molecule has 0 aromatic heterocycles. The van der Waals surface area contributed by atoms with E-state index in [1.807, 2.05) is 48.5 Å². The second kappa shape index (κ2) is 9.13. The molecule has 0 radical (unpaired) electrons. The molecule has 28 heavy (non-hydrogen) atoms. The number of rotatable bonds is 8. The van der Waals surface area contributed by atoms with Crippen LogP contribution in [0.5, 0.6) is 17.2 Å². The predicted molar refractivity (Wildman–Crippen MR) is 110 cm³/mol. The number of hydrogen-bond donors (Lipinski definition) is 1. The smallest absolute Gasteiger partial charge is 0.220 e. The first-order valence-electron chi connectivity index (χ1n) is 9.18. The minimum atomic E-state index is -0.00947. The Hall–Kier alpha value is -3.21. The zero-order valence-corrected chi connectivity index (χ0v) is 16.5. The van der Waals surface area contributed by atoms with Crippen LogP contribution in [0.15, 0.2) is 54.6 Å². The summed E-state index contributed by atoms with van der Waals surface area (Å²) < 4.78 is 16.0. The summed E-state index contributed by atoms with van der Waals surface area (Å²) in [4.78, 5) is 12.4. The first-order valence-corrected chi connectivity index (χ1v) is 9.18. The van der Waals surface area contributed by atoms with Crippen LogP contribution >= 0.6 is 0 Å². The molecule has 0 saturated carbocycles. The summed E-state index contributed by atoms with van der Waals surface area (Å²) in [7, 11) is 4.85. The van der Waals surface area contributed by atoms with Gasteiger partial charge in [-0.25, -0.2) is 0 Å². The number of hydrogen-bond acceptors (Lipinski definition) is 4. The molecule has 0 saturated heterocycles. The Kier molecular flexibility index (Phi) is 6.37. The monoisotopic (exact) mass is 379 g/mol. The maximum Gasteiger partial charge on any atom is 0.220 e. The normalized spacial score (nSPS) is 10.5. The highest BCUT2D eigenvalue weighted by molar-refractivity contribution is 5.88. The Bertz CT molecular complexity index is 968. The molecule has 0 spiro atoms. The second-order valence-electron chi connectivity index (χ2n) is 6.43. The molecular weight excluding hydrogens is 354 g/mol. The summed E-state index contributed by atoms with van der Waals surface area (Å²) in [5.41, 5.74) is 2.01. The van der Waals surface area contributed by atoms with Crippen LogP contribution in [0.3, 0.4) is 0 Å². The molecule has 1 N–H and O–H groups in total. The van der Waals surface area contributed by atoms with Gasteiger partial charge in [0.05, 0.1) is 21.3 Å². The Labute approximate surface area is 165 Å². The fraction of sp³-hybridized carbons (Fsp3) is 0.261. The van der Waals surface area contributed by atoms with Gasteiger partial charge in [-0.15, -0.1) is 0 Å². The lowest BCUT2D eigenvalue weighted by Gasteiger charge is -2.13. The molecule has 0 aliphatic carbocycles. The van der Waals surface area contributed by atoms with Crippen molar-refractivity contribution in [1.29, 1.82) is 0 Å². The zero-order chi connectivity index (χ0) is 19.9. The van der Waals surface area contributed by atoms with E-state index in [-0.39, 0.29) is 5.91 Å². The van der Waals surface area contributed by atoms with E-state index in [0.29, 0.717) is 30.9 Å². The third-order valence-electron chi connectivity index (χ3n) is 4.77. The summed E-state index contributed by atoms with van der Waals surface area (Å²) in [5.74, 6) is 2.11. The molecule has 3 aromatic carbocycles. The van der Waals surface area contributed by atoms with Crippen molar-refractivity contribution in [1.82, 2.24) is 5.32 Å². The molecular formula is C23H25NO4. The maximum atomic E-state index is 12.4. The summed E-state index contributed by atoms with van der Waals surface area (Å²) in [6, 6.07) is 17.8. The van der Waals surface area contributed by atoms with Gasteiger partial charge in [0, 0.05) is 18.5 Å². The topological polar surface area (TPSA) is 56.8 Å². The van der Waals surface area contributed by atoms with Crippen LogP contribution in [-0.2, 0) is 17.8 Å². The van der Waals surface area contributed by atoms with Crippen molar-refractivity contribution < 1.29 is 19.0 Å². The van der Waals surface area contributed by atoms with E-state index < -0.39 is 0 Å². The fourth-order valence-corrected chi connectivity index (χ4v) is 3.26. The second-order valence-corrected chi connectivity index (χ2v) is 6.43. The predicted octanol–water partition coefficient (Wildman–Crippen LogP) is 4.11. The summed E-state index contributed by atoms with van der Waals surface area (Å²) in [6.07, 6.45) is 1.02. The molecule has 146 valence electrons. The molecule has 0 bridgehead atoms. The number of methoxy groups -OCH3 is 3. The molecule has 3 rings (SSSR count). The standard InChI is InChI=1S/C23H25NO4/c1-26-20-12-10-17-6-4-5-7-18(17)19(20)15-24-23(25)13-9-16-8-11-21(27-2)22(14-16)28-3/h4-8,10-12,14H,9,13,15H2,1-3H3,(H,24,25). The van der Waals surface area contributed by atoms with Crippen LogP contribution in [0, 0.1) is 0 Å². The zero-order valence-electron chi connectivity index (χ0n) is 16.5. The summed E-state index contributed by atoms with van der Waals surface area (Å²) in [6.45, 7) is 0.426. The van der Waals surface area contributed by atoms with Crippen LogP contribution in [0.4, 0.5) is 0 Å². The Morgan fingerprint density at radius 2 is 1.57 bits per heavy atom. The molecule has 1 amide bonds. The minimum Gasteiger partial charge on any atom is -0.496 e. The molecule has 0 aliphatic heterocycles. The van der Waals surface area contributed by atoms with Crippen LogP contribution in [0.25, 0.3) is 10.8 Å². The Morgan fingerprint density at radius 3 is 2.32 bits per heavy atom. The molecule has 5 nitrogen and oxygen atoms in total. The van der Waals surface area contributed by atoms with Crippen molar-refractivity contribution in [2.45, 2.75) is 19.4 Å². The number of nitrogens with one attached hydrogen (secondary N) is 1. The lowest BCUT2D eigenvalue weighted by Crippen LogP contribution is -2.23. The molecule has 3 aromatic rings. The minimum absolute atomic E-state index is 0.00947. The van der Waals surface area contributed by atoms with Crippen molar-refractivity contribution in [2.75, 3.05) is 21.3 Å². The quantitative estimate of drug-likeness (QED) is 0.640. The lowest BCUT2D eigenvalue weighted by molar-refractivity contribution is -0.121. The van der Waals surface area contributed by atoms with Gasteiger partial charge >= 0.3 is 0 Å². The van der Waals surface area contributed by atoms with Crippen molar-refractivity contribution in [3.8, 4) is 17.2 Å². The molecule has 0 unspecified atom stereocenters. The Morgan fingerprint density at radius 1 is 0.857 bits per heavy atom. The lowest BCUT2D eigenvalue weighted by atomic mass is 10.0. The van der Waals surface area contributed by atoms with E-state index in [9.17, 15) is 4.79 Å². The maximum absolute atomic E-state index is 12.4. The van der Waals surface area contributed by atoms with Crippen molar-refractivity contribution in [3.63, 3.8) is 0 Å². The Balaban J connectivity index is 1.64. The number of aryl methyl sites for hydroxylation is 1. The number of amides is 1. The van der Waals surface area contributed by atoms with E-state index in [2.05, 4.69) is 11.4 Å². The van der Waals surface area contributed by atoms with Gasteiger partial charge in [0.15, 0.2) is 11.5 Å². The van der Waals surface area contributed by atoms with Gasteiger partial charge in [-0.2, -0.15) is 0 Å². The van der Waals surface area contributed by atoms with Crippen LogP contribution < -0.4 is 19.5 Å². The number of ether oxygens (including phenoxy) is 3. The average molecular weight is 379 g/mol. The number of carbonyl (C=O) groups excluding carboxylic acids is 1. The van der Waals surface area contributed by atoms with Crippen LogP contribution in [0.1, 0.15) is 17.5 Å². The highest BCUT2D eigenvalue weighted by Crippen LogP contribution is 2.29. The largest absolute Gasteiger partial charge is 0.496 e. The van der Waals surface area contributed by atoms with E-state index >= 15 is 0 Å². The van der Waals surface area contributed by atoms with E-state index in [4.69, 9.17) is 14.2 Å². The van der Waals surface area contributed by atoms with Gasteiger partial charge in [-0.05, 0) is 41.0 Å². The molecule has 0 heterocycles. The van der Waals surface area contributed by atoms with Crippen LogP contribution in [0.2, 0.25) is 0 Å². The van der Waals surface area contributed by atoms with Crippen molar-refractivity contribution >= 4 is 16.7 Å². The summed E-state index contributed by atoms with van der Waals surface area (Å²) in [5, 5.41) is 5.22. The SMILES string of the molecule is COc1ccc(CCC(=O)NCc2c(OC)ccc3ccccc23)cc1OC. The van der Waals surface area contributed by atoms with Gasteiger partial charge in [0.2, 0.25) is 5.91 Å². The van der Waals surface area contributed by atoms with E-state index in [1.165, 1.54) is 0 Å². The number of benzene rings is 3. The first kappa shape index (κ1) is 19.5. The van der Waals surface area contributed by atoms with E-state index in [0.717, 1.165) is 27.6 Å². The third-order valence-corrected chi connectivity index (χ3v) is 4.77.